The Balaban J connectivity index is 2.29. The van der Waals surface area contributed by atoms with Crippen LogP contribution in [0.25, 0.3) is 0 Å². The molecular formula is C17H25ClN2O. The van der Waals surface area contributed by atoms with E-state index in [9.17, 15) is 4.79 Å². The van der Waals surface area contributed by atoms with Crippen molar-refractivity contribution in [2.24, 2.45) is 5.41 Å². The van der Waals surface area contributed by atoms with Gasteiger partial charge in [0.25, 0.3) is 0 Å². The molecule has 21 heavy (non-hydrogen) atoms. The van der Waals surface area contributed by atoms with Gasteiger partial charge in [0.1, 0.15) is 6.17 Å². The molecule has 1 aliphatic heterocycles. The fraction of sp³-hybridized carbons (Fsp3) is 0.588. The van der Waals surface area contributed by atoms with Crippen molar-refractivity contribution in [3.05, 3.63) is 34.9 Å². The second kappa shape index (κ2) is 6.37. The van der Waals surface area contributed by atoms with Crippen molar-refractivity contribution >= 4 is 17.5 Å². The van der Waals surface area contributed by atoms with E-state index < -0.39 is 0 Å². The molecule has 2 unspecified atom stereocenters. The van der Waals surface area contributed by atoms with E-state index in [0.717, 1.165) is 24.9 Å². The van der Waals surface area contributed by atoms with E-state index >= 15 is 0 Å². The fourth-order valence-corrected chi connectivity index (χ4v) is 3.01. The number of halogens is 1. The van der Waals surface area contributed by atoms with Crippen molar-refractivity contribution in [1.82, 2.24) is 10.2 Å². The van der Waals surface area contributed by atoms with Gasteiger partial charge in [-0.3, -0.25) is 10.1 Å². The number of hydrogen-bond donors (Lipinski definition) is 1. The maximum atomic E-state index is 12.7. The van der Waals surface area contributed by atoms with Gasteiger partial charge in [-0.25, -0.2) is 0 Å². The van der Waals surface area contributed by atoms with Crippen LogP contribution < -0.4 is 5.32 Å². The van der Waals surface area contributed by atoms with Gasteiger partial charge in [0.2, 0.25) is 5.91 Å². The SMILES string of the molecule is CCCC1NC(c2cccc(Cl)c2)N(CC(C)(C)C)C1=O. The minimum atomic E-state index is -0.0821. The molecule has 1 fully saturated rings. The Morgan fingerprint density at radius 3 is 2.62 bits per heavy atom. The molecule has 1 saturated heterocycles. The first-order valence-corrected chi connectivity index (χ1v) is 8.01. The lowest BCUT2D eigenvalue weighted by Crippen LogP contribution is -2.37. The summed E-state index contributed by atoms with van der Waals surface area (Å²) in [6.45, 7) is 9.30. The Labute approximate surface area is 132 Å². The highest BCUT2D eigenvalue weighted by Gasteiger charge is 2.40. The molecule has 4 heteroatoms. The summed E-state index contributed by atoms with van der Waals surface area (Å²) < 4.78 is 0. The van der Waals surface area contributed by atoms with Crippen molar-refractivity contribution in [3.63, 3.8) is 0 Å². The average Bonchev–Trinajstić information content (AvgIpc) is 2.67. The van der Waals surface area contributed by atoms with Crippen LogP contribution in [0.1, 0.15) is 52.3 Å². The normalized spacial score (nSPS) is 22.9. The van der Waals surface area contributed by atoms with Crippen LogP contribution in [-0.2, 0) is 4.79 Å². The van der Waals surface area contributed by atoms with Crippen LogP contribution in [0.15, 0.2) is 24.3 Å². The number of hydrogen-bond acceptors (Lipinski definition) is 2. The predicted molar refractivity (Wildman–Crippen MR) is 87.2 cm³/mol. The Morgan fingerprint density at radius 2 is 2.05 bits per heavy atom. The summed E-state index contributed by atoms with van der Waals surface area (Å²) in [6.07, 6.45) is 1.79. The Hall–Kier alpha value is -1.06. The Kier molecular flexibility index (Phi) is 4.95. The van der Waals surface area contributed by atoms with Crippen molar-refractivity contribution in [1.29, 1.82) is 0 Å². The number of nitrogens with zero attached hydrogens (tertiary/aromatic N) is 1. The van der Waals surface area contributed by atoms with Crippen LogP contribution in [0, 0.1) is 5.41 Å². The van der Waals surface area contributed by atoms with E-state index in [2.05, 4.69) is 33.0 Å². The maximum Gasteiger partial charge on any atom is 0.241 e. The quantitative estimate of drug-likeness (QED) is 0.912. The fourth-order valence-electron chi connectivity index (χ4n) is 2.81. The maximum absolute atomic E-state index is 12.7. The van der Waals surface area contributed by atoms with Gasteiger partial charge in [0.05, 0.1) is 6.04 Å². The lowest BCUT2D eigenvalue weighted by atomic mass is 9.95. The van der Waals surface area contributed by atoms with Crippen LogP contribution in [0.2, 0.25) is 5.02 Å². The third-order valence-corrected chi connectivity index (χ3v) is 3.87. The molecule has 1 aromatic carbocycles. The predicted octanol–water partition coefficient (Wildman–Crippen LogP) is 3.99. The highest BCUT2D eigenvalue weighted by atomic mass is 35.5. The van der Waals surface area contributed by atoms with Crippen LogP contribution in [0.5, 0.6) is 0 Å². The van der Waals surface area contributed by atoms with Gasteiger partial charge in [-0.15, -0.1) is 0 Å². The highest BCUT2D eigenvalue weighted by molar-refractivity contribution is 6.30. The third-order valence-electron chi connectivity index (χ3n) is 3.64. The Morgan fingerprint density at radius 1 is 1.33 bits per heavy atom. The summed E-state index contributed by atoms with van der Waals surface area (Å²) in [5, 5.41) is 4.18. The highest BCUT2D eigenvalue weighted by Crippen LogP contribution is 2.31. The number of nitrogens with one attached hydrogen (secondary N) is 1. The van der Waals surface area contributed by atoms with Crippen LogP contribution in [0.4, 0.5) is 0 Å². The first-order valence-electron chi connectivity index (χ1n) is 7.64. The zero-order chi connectivity index (χ0) is 15.6. The molecule has 0 saturated carbocycles. The molecule has 0 aromatic heterocycles. The molecule has 1 heterocycles. The van der Waals surface area contributed by atoms with Gasteiger partial charge in [-0.05, 0) is 29.5 Å². The van der Waals surface area contributed by atoms with Gasteiger partial charge in [0.15, 0.2) is 0 Å². The van der Waals surface area contributed by atoms with Gasteiger partial charge >= 0.3 is 0 Å². The molecule has 0 bridgehead atoms. The molecule has 0 spiro atoms. The summed E-state index contributed by atoms with van der Waals surface area (Å²) >= 11 is 6.11. The lowest BCUT2D eigenvalue weighted by Gasteiger charge is -2.31. The van der Waals surface area contributed by atoms with Gasteiger partial charge < -0.3 is 4.90 Å². The van der Waals surface area contributed by atoms with E-state index in [1.54, 1.807) is 0 Å². The van der Waals surface area contributed by atoms with Crippen molar-refractivity contribution in [3.8, 4) is 0 Å². The standard InChI is InChI=1S/C17H25ClN2O/c1-5-7-14-16(21)20(11-17(2,3)4)15(19-14)12-8-6-9-13(18)10-12/h6,8-10,14-15,19H,5,7,11H2,1-4H3. The summed E-state index contributed by atoms with van der Waals surface area (Å²) in [5.41, 5.74) is 1.12. The molecular weight excluding hydrogens is 284 g/mol. The number of rotatable bonds is 4. The smallest absolute Gasteiger partial charge is 0.241 e. The Bertz CT molecular complexity index is 510. The largest absolute Gasteiger partial charge is 0.321 e. The van der Waals surface area contributed by atoms with E-state index in [4.69, 9.17) is 11.6 Å². The molecule has 0 radical (unpaired) electrons. The van der Waals surface area contributed by atoms with E-state index in [1.807, 2.05) is 29.2 Å². The molecule has 0 aliphatic carbocycles. The minimum absolute atomic E-state index is 0.0648. The average molecular weight is 309 g/mol. The minimum Gasteiger partial charge on any atom is -0.321 e. The van der Waals surface area contributed by atoms with Crippen LogP contribution in [-0.4, -0.2) is 23.4 Å². The lowest BCUT2D eigenvalue weighted by molar-refractivity contribution is -0.131. The van der Waals surface area contributed by atoms with Crippen molar-refractivity contribution in [2.75, 3.05) is 6.54 Å². The second-order valence-electron chi connectivity index (χ2n) is 6.99. The first kappa shape index (κ1) is 16.3. The van der Waals surface area contributed by atoms with Gasteiger partial charge in [-0.2, -0.15) is 0 Å². The number of carbonyl (C=O) groups excluding carboxylic acids is 1. The molecule has 3 nitrogen and oxygen atoms in total. The summed E-state index contributed by atoms with van der Waals surface area (Å²) in [6, 6.07) is 7.68. The zero-order valence-corrected chi connectivity index (χ0v) is 14.1. The third kappa shape index (κ3) is 3.98. The van der Waals surface area contributed by atoms with Crippen molar-refractivity contribution in [2.45, 2.75) is 52.7 Å². The van der Waals surface area contributed by atoms with Crippen LogP contribution >= 0.6 is 11.6 Å². The van der Waals surface area contributed by atoms with E-state index in [0.29, 0.717) is 5.02 Å². The molecule has 2 rings (SSSR count). The summed E-state index contributed by atoms with van der Waals surface area (Å²) in [4.78, 5) is 14.6. The summed E-state index contributed by atoms with van der Waals surface area (Å²) in [5.74, 6) is 0.205. The van der Waals surface area contributed by atoms with Gasteiger partial charge in [0, 0.05) is 11.6 Å². The molecule has 1 amide bonds. The second-order valence-corrected chi connectivity index (χ2v) is 7.43. The monoisotopic (exact) mass is 308 g/mol. The summed E-state index contributed by atoms with van der Waals surface area (Å²) in [7, 11) is 0. The molecule has 1 aromatic rings. The van der Waals surface area contributed by atoms with Crippen LogP contribution in [0.3, 0.4) is 0 Å². The topological polar surface area (TPSA) is 32.3 Å². The molecule has 2 atom stereocenters. The first-order chi connectivity index (χ1) is 9.81. The number of carbonyl (C=O) groups is 1. The van der Waals surface area contributed by atoms with E-state index in [-0.39, 0.29) is 23.5 Å². The van der Waals surface area contributed by atoms with E-state index in [1.165, 1.54) is 0 Å². The van der Waals surface area contributed by atoms with Crippen molar-refractivity contribution < 1.29 is 4.79 Å². The number of amides is 1. The molecule has 1 aliphatic rings. The number of benzene rings is 1. The van der Waals surface area contributed by atoms with Gasteiger partial charge in [-0.1, -0.05) is 57.8 Å². The molecule has 116 valence electrons. The zero-order valence-electron chi connectivity index (χ0n) is 13.3. The molecule has 1 N–H and O–H groups in total.